The zero-order chi connectivity index (χ0) is 13.8. The highest BCUT2D eigenvalue weighted by atomic mass is 19.4. The van der Waals surface area contributed by atoms with E-state index >= 15 is 0 Å². The number of alkyl halides is 3. The molecule has 0 aliphatic heterocycles. The topological polar surface area (TPSA) is 21.3 Å². The van der Waals surface area contributed by atoms with Crippen molar-refractivity contribution in [3.05, 3.63) is 28.8 Å². The van der Waals surface area contributed by atoms with E-state index in [2.05, 4.69) is 5.32 Å². The van der Waals surface area contributed by atoms with Gasteiger partial charge >= 0.3 is 6.18 Å². The van der Waals surface area contributed by atoms with E-state index in [9.17, 15) is 13.2 Å². The molecule has 0 aliphatic rings. The van der Waals surface area contributed by atoms with E-state index in [4.69, 9.17) is 4.74 Å². The molecule has 0 unspecified atom stereocenters. The van der Waals surface area contributed by atoms with Gasteiger partial charge in [-0.2, -0.15) is 13.2 Å². The van der Waals surface area contributed by atoms with E-state index in [-0.39, 0.29) is 6.54 Å². The predicted octanol–water partition coefficient (Wildman–Crippen LogP) is 3.01. The second-order valence-electron chi connectivity index (χ2n) is 4.32. The Labute approximate surface area is 105 Å². The summed E-state index contributed by atoms with van der Waals surface area (Å²) in [6.07, 6.45) is -3.64. The SMILES string of the molecule is COc1c(C)cc(C)cc1CCNCC(F)(F)F. The lowest BCUT2D eigenvalue weighted by Gasteiger charge is -2.13. The van der Waals surface area contributed by atoms with Crippen molar-refractivity contribution >= 4 is 0 Å². The van der Waals surface area contributed by atoms with Crippen LogP contribution in [0.4, 0.5) is 13.2 Å². The number of halogens is 3. The van der Waals surface area contributed by atoms with Crippen molar-refractivity contribution in [2.75, 3.05) is 20.2 Å². The molecule has 102 valence electrons. The van der Waals surface area contributed by atoms with Crippen LogP contribution in [0.5, 0.6) is 5.75 Å². The molecule has 0 aromatic heterocycles. The maximum atomic E-state index is 12.0. The molecule has 0 aliphatic carbocycles. The number of methoxy groups -OCH3 is 1. The summed E-state index contributed by atoms with van der Waals surface area (Å²) in [5, 5.41) is 2.38. The zero-order valence-electron chi connectivity index (χ0n) is 10.8. The van der Waals surface area contributed by atoms with Gasteiger partial charge in [-0.05, 0) is 37.9 Å². The van der Waals surface area contributed by atoms with Crippen molar-refractivity contribution in [1.82, 2.24) is 5.32 Å². The maximum absolute atomic E-state index is 12.0. The number of rotatable bonds is 5. The smallest absolute Gasteiger partial charge is 0.401 e. The lowest BCUT2D eigenvalue weighted by molar-refractivity contribution is -0.124. The van der Waals surface area contributed by atoms with Crippen LogP contribution in [0, 0.1) is 13.8 Å². The van der Waals surface area contributed by atoms with Gasteiger partial charge in [0.1, 0.15) is 5.75 Å². The third-order valence-electron chi connectivity index (χ3n) is 2.60. The maximum Gasteiger partial charge on any atom is 0.401 e. The number of aryl methyl sites for hydroxylation is 2. The van der Waals surface area contributed by atoms with Gasteiger partial charge in [-0.15, -0.1) is 0 Å². The minimum Gasteiger partial charge on any atom is -0.496 e. The Morgan fingerprint density at radius 1 is 1.22 bits per heavy atom. The second-order valence-corrected chi connectivity index (χ2v) is 4.32. The van der Waals surface area contributed by atoms with E-state index < -0.39 is 12.7 Å². The Bertz CT molecular complexity index is 402. The summed E-state index contributed by atoms with van der Waals surface area (Å²) in [4.78, 5) is 0. The van der Waals surface area contributed by atoms with Gasteiger partial charge in [-0.3, -0.25) is 0 Å². The number of hydrogen-bond acceptors (Lipinski definition) is 2. The van der Waals surface area contributed by atoms with Crippen LogP contribution < -0.4 is 10.1 Å². The molecular weight excluding hydrogens is 243 g/mol. The molecule has 2 nitrogen and oxygen atoms in total. The van der Waals surface area contributed by atoms with Gasteiger partial charge in [0.2, 0.25) is 0 Å². The molecular formula is C13H18F3NO. The van der Waals surface area contributed by atoms with E-state index in [1.807, 2.05) is 26.0 Å². The molecule has 5 heteroatoms. The van der Waals surface area contributed by atoms with Crippen LogP contribution in [0.3, 0.4) is 0 Å². The van der Waals surface area contributed by atoms with E-state index in [1.165, 1.54) is 0 Å². The summed E-state index contributed by atoms with van der Waals surface area (Å²) in [6, 6.07) is 3.94. The van der Waals surface area contributed by atoms with Crippen LogP contribution in [0.1, 0.15) is 16.7 Å². The number of nitrogens with one attached hydrogen (secondary N) is 1. The Hall–Kier alpha value is -1.23. The normalized spacial score (nSPS) is 11.7. The molecule has 0 fully saturated rings. The van der Waals surface area contributed by atoms with Gasteiger partial charge in [0.05, 0.1) is 13.7 Å². The molecule has 0 amide bonds. The fourth-order valence-corrected chi connectivity index (χ4v) is 1.97. The first-order valence-electron chi connectivity index (χ1n) is 5.75. The van der Waals surface area contributed by atoms with Gasteiger partial charge in [0.15, 0.2) is 0 Å². The zero-order valence-corrected chi connectivity index (χ0v) is 10.8. The third-order valence-corrected chi connectivity index (χ3v) is 2.60. The lowest BCUT2D eigenvalue weighted by atomic mass is 10.0. The highest BCUT2D eigenvalue weighted by Crippen LogP contribution is 2.25. The molecule has 1 N–H and O–H groups in total. The first-order chi connectivity index (χ1) is 8.33. The average Bonchev–Trinajstić information content (AvgIpc) is 2.22. The van der Waals surface area contributed by atoms with Crippen LogP contribution in [0.2, 0.25) is 0 Å². The monoisotopic (exact) mass is 261 g/mol. The van der Waals surface area contributed by atoms with Crippen molar-refractivity contribution in [1.29, 1.82) is 0 Å². The van der Waals surface area contributed by atoms with Crippen molar-refractivity contribution in [2.24, 2.45) is 0 Å². The molecule has 0 heterocycles. The standard InChI is InChI=1S/C13H18F3NO/c1-9-6-10(2)12(18-3)11(7-9)4-5-17-8-13(14,15)16/h6-7,17H,4-5,8H2,1-3H3. The first kappa shape index (κ1) is 14.8. The molecule has 0 atom stereocenters. The molecule has 0 bridgehead atoms. The van der Waals surface area contributed by atoms with Gasteiger partial charge in [0, 0.05) is 0 Å². The molecule has 0 saturated heterocycles. The van der Waals surface area contributed by atoms with Crippen molar-refractivity contribution in [3.63, 3.8) is 0 Å². The molecule has 0 radical (unpaired) electrons. The quantitative estimate of drug-likeness (QED) is 0.823. The minimum atomic E-state index is -4.16. The lowest BCUT2D eigenvalue weighted by Crippen LogP contribution is -2.30. The van der Waals surface area contributed by atoms with Gasteiger partial charge < -0.3 is 10.1 Å². The van der Waals surface area contributed by atoms with E-state index in [0.717, 1.165) is 22.4 Å². The summed E-state index contributed by atoms with van der Waals surface area (Å²) in [5.74, 6) is 0.759. The Balaban J connectivity index is 2.61. The van der Waals surface area contributed by atoms with Crippen LogP contribution in [0.25, 0.3) is 0 Å². The molecule has 0 saturated carbocycles. The molecule has 18 heavy (non-hydrogen) atoms. The number of ether oxygens (including phenoxy) is 1. The van der Waals surface area contributed by atoms with Crippen molar-refractivity contribution in [2.45, 2.75) is 26.4 Å². The van der Waals surface area contributed by atoms with E-state index in [1.54, 1.807) is 7.11 Å². The van der Waals surface area contributed by atoms with E-state index in [0.29, 0.717) is 6.42 Å². The number of benzene rings is 1. The average molecular weight is 261 g/mol. The fourth-order valence-electron chi connectivity index (χ4n) is 1.97. The highest BCUT2D eigenvalue weighted by molar-refractivity contribution is 5.43. The second kappa shape index (κ2) is 6.09. The molecule has 1 rings (SSSR count). The van der Waals surface area contributed by atoms with Crippen molar-refractivity contribution < 1.29 is 17.9 Å². The number of hydrogen-bond donors (Lipinski definition) is 1. The van der Waals surface area contributed by atoms with Gasteiger partial charge in [-0.25, -0.2) is 0 Å². The summed E-state index contributed by atoms with van der Waals surface area (Å²) < 4.78 is 41.2. The van der Waals surface area contributed by atoms with Crippen LogP contribution in [-0.4, -0.2) is 26.4 Å². The van der Waals surface area contributed by atoms with Crippen LogP contribution in [-0.2, 0) is 6.42 Å². The van der Waals surface area contributed by atoms with Gasteiger partial charge in [-0.1, -0.05) is 17.7 Å². The van der Waals surface area contributed by atoms with Crippen LogP contribution >= 0.6 is 0 Å². The molecule has 0 spiro atoms. The highest BCUT2D eigenvalue weighted by Gasteiger charge is 2.25. The van der Waals surface area contributed by atoms with Crippen LogP contribution in [0.15, 0.2) is 12.1 Å². The first-order valence-corrected chi connectivity index (χ1v) is 5.75. The Kier molecular flexibility index (Phi) is 5.02. The predicted molar refractivity (Wildman–Crippen MR) is 65.1 cm³/mol. The van der Waals surface area contributed by atoms with Gasteiger partial charge in [0.25, 0.3) is 0 Å². The third kappa shape index (κ3) is 4.56. The Morgan fingerprint density at radius 3 is 2.44 bits per heavy atom. The summed E-state index contributed by atoms with van der Waals surface area (Å²) in [5.41, 5.74) is 3.02. The minimum absolute atomic E-state index is 0.277. The fraction of sp³-hybridized carbons (Fsp3) is 0.538. The molecule has 1 aromatic rings. The molecule has 1 aromatic carbocycles. The summed E-state index contributed by atoms with van der Waals surface area (Å²) in [7, 11) is 1.57. The Morgan fingerprint density at radius 2 is 1.89 bits per heavy atom. The summed E-state index contributed by atoms with van der Waals surface area (Å²) in [6.45, 7) is 3.20. The van der Waals surface area contributed by atoms with Crippen molar-refractivity contribution in [3.8, 4) is 5.75 Å². The summed E-state index contributed by atoms with van der Waals surface area (Å²) >= 11 is 0. The largest absolute Gasteiger partial charge is 0.496 e.